The van der Waals surface area contributed by atoms with Crippen LogP contribution in [-0.2, 0) is 4.79 Å². The van der Waals surface area contributed by atoms with E-state index in [0.29, 0.717) is 12.5 Å². The first-order chi connectivity index (χ1) is 4.70. The van der Waals surface area contributed by atoms with E-state index in [-0.39, 0.29) is 5.91 Å². The van der Waals surface area contributed by atoms with E-state index in [1.807, 2.05) is 7.05 Å². The van der Waals surface area contributed by atoms with Gasteiger partial charge in [-0.3, -0.25) is 4.79 Å². The summed E-state index contributed by atoms with van der Waals surface area (Å²) in [5.41, 5.74) is 0. The van der Waals surface area contributed by atoms with E-state index < -0.39 is 0 Å². The van der Waals surface area contributed by atoms with Crippen LogP contribution in [0.5, 0.6) is 0 Å². The van der Waals surface area contributed by atoms with Crippen LogP contribution >= 0.6 is 0 Å². The van der Waals surface area contributed by atoms with Crippen LogP contribution in [0.15, 0.2) is 0 Å². The Hall–Kier alpha value is -0.570. The normalized spacial score (nSPS) is 29.4. The lowest BCUT2D eigenvalue weighted by Crippen LogP contribution is -2.29. The fourth-order valence-corrected chi connectivity index (χ4v) is 1.09. The van der Waals surface area contributed by atoms with Crippen LogP contribution in [0.2, 0.25) is 0 Å². The third-order valence-corrected chi connectivity index (χ3v) is 2.02. The summed E-state index contributed by atoms with van der Waals surface area (Å²) in [6.45, 7) is 3.83. The molecule has 3 heteroatoms. The van der Waals surface area contributed by atoms with Crippen molar-refractivity contribution >= 4 is 5.91 Å². The number of hydrogen-bond acceptors (Lipinski definition) is 2. The quantitative estimate of drug-likeness (QED) is 0.509. The molecule has 0 spiro atoms. The first kappa shape index (κ1) is 7.54. The van der Waals surface area contributed by atoms with Crippen molar-refractivity contribution in [1.82, 2.24) is 10.2 Å². The van der Waals surface area contributed by atoms with Crippen LogP contribution in [0.1, 0.15) is 13.3 Å². The van der Waals surface area contributed by atoms with Crippen LogP contribution in [0, 0.1) is 0 Å². The predicted octanol–water partition coefficient (Wildman–Crippen LogP) is -0.173. The molecule has 1 aliphatic rings. The zero-order valence-electron chi connectivity index (χ0n) is 6.55. The highest BCUT2D eigenvalue weighted by Crippen LogP contribution is 2.02. The van der Waals surface area contributed by atoms with Gasteiger partial charge in [0, 0.05) is 25.6 Å². The van der Waals surface area contributed by atoms with Crippen molar-refractivity contribution in [2.75, 3.05) is 20.1 Å². The Labute approximate surface area is 61.4 Å². The van der Waals surface area contributed by atoms with Crippen LogP contribution in [0.4, 0.5) is 0 Å². The predicted molar refractivity (Wildman–Crippen MR) is 39.7 cm³/mol. The first-order valence-corrected chi connectivity index (χ1v) is 3.67. The maximum Gasteiger partial charge on any atom is 0.221 e. The van der Waals surface area contributed by atoms with Crippen LogP contribution < -0.4 is 5.32 Å². The smallest absolute Gasteiger partial charge is 0.221 e. The second kappa shape index (κ2) is 3.01. The molecule has 0 unspecified atom stereocenters. The summed E-state index contributed by atoms with van der Waals surface area (Å²) in [6.07, 6.45) is 0.635. The molecule has 1 heterocycles. The molecule has 0 bridgehead atoms. The van der Waals surface area contributed by atoms with Gasteiger partial charge in [-0.05, 0) is 14.0 Å². The number of nitrogens with one attached hydrogen (secondary N) is 1. The van der Waals surface area contributed by atoms with E-state index in [9.17, 15) is 4.79 Å². The van der Waals surface area contributed by atoms with Gasteiger partial charge in [0.15, 0.2) is 0 Å². The molecule has 0 aromatic heterocycles. The molecule has 10 heavy (non-hydrogen) atoms. The summed E-state index contributed by atoms with van der Waals surface area (Å²) >= 11 is 0. The number of nitrogens with zero attached hydrogens (tertiary/aromatic N) is 1. The summed E-state index contributed by atoms with van der Waals surface area (Å²) in [7, 11) is 2.05. The molecule has 0 saturated carbocycles. The molecule has 0 aromatic rings. The highest BCUT2D eigenvalue weighted by molar-refractivity contribution is 5.76. The van der Waals surface area contributed by atoms with Gasteiger partial charge in [0.2, 0.25) is 5.91 Å². The maximum atomic E-state index is 10.9. The summed E-state index contributed by atoms with van der Waals surface area (Å²) in [5, 5.41) is 2.82. The third-order valence-electron chi connectivity index (χ3n) is 2.02. The molecule has 1 fully saturated rings. The van der Waals surface area contributed by atoms with Gasteiger partial charge in [0.1, 0.15) is 0 Å². The summed E-state index contributed by atoms with van der Waals surface area (Å²) in [5.74, 6) is 0.178. The van der Waals surface area contributed by atoms with Crippen molar-refractivity contribution < 1.29 is 4.79 Å². The molecule has 1 N–H and O–H groups in total. The van der Waals surface area contributed by atoms with Crippen molar-refractivity contribution in [2.45, 2.75) is 19.4 Å². The number of likely N-dealkylation sites (N-methyl/N-ethyl adjacent to an activating group) is 1. The lowest BCUT2D eigenvalue weighted by Gasteiger charge is -2.19. The molecule has 1 saturated heterocycles. The largest absolute Gasteiger partial charge is 0.355 e. The standard InChI is InChI=1S/C7H14N2O/c1-6-5-7(10)8-3-4-9(6)2/h6H,3-5H2,1-2H3,(H,8,10)/t6-/m1/s1. The summed E-state index contributed by atoms with van der Waals surface area (Å²) < 4.78 is 0. The molecule has 1 rings (SSSR count). The van der Waals surface area contributed by atoms with Crippen LogP contribution in [-0.4, -0.2) is 37.0 Å². The van der Waals surface area contributed by atoms with Crippen molar-refractivity contribution in [3.8, 4) is 0 Å². The fourth-order valence-electron chi connectivity index (χ4n) is 1.09. The van der Waals surface area contributed by atoms with Crippen LogP contribution in [0.3, 0.4) is 0 Å². The summed E-state index contributed by atoms with van der Waals surface area (Å²) in [6, 6.07) is 0.391. The average Bonchev–Trinajstić information content (AvgIpc) is 1.96. The van der Waals surface area contributed by atoms with E-state index in [0.717, 1.165) is 13.1 Å². The van der Waals surface area contributed by atoms with Gasteiger partial charge < -0.3 is 10.2 Å². The SMILES string of the molecule is C[C@@H]1CC(=O)NCCN1C. The Morgan fingerprint density at radius 1 is 1.70 bits per heavy atom. The molecular formula is C7H14N2O. The number of amides is 1. The van der Waals surface area contributed by atoms with Crippen molar-refractivity contribution in [3.05, 3.63) is 0 Å². The number of rotatable bonds is 0. The van der Waals surface area contributed by atoms with E-state index in [1.165, 1.54) is 0 Å². The Kier molecular flexibility index (Phi) is 2.27. The molecule has 1 amide bonds. The van der Waals surface area contributed by atoms with E-state index in [4.69, 9.17) is 0 Å². The van der Waals surface area contributed by atoms with Gasteiger partial charge in [-0.2, -0.15) is 0 Å². The number of hydrogen-bond donors (Lipinski definition) is 1. The fraction of sp³-hybridized carbons (Fsp3) is 0.857. The van der Waals surface area contributed by atoms with Crippen molar-refractivity contribution in [1.29, 1.82) is 0 Å². The second-order valence-electron chi connectivity index (χ2n) is 2.88. The monoisotopic (exact) mass is 142 g/mol. The van der Waals surface area contributed by atoms with Gasteiger partial charge in [-0.25, -0.2) is 0 Å². The minimum Gasteiger partial charge on any atom is -0.355 e. The third kappa shape index (κ3) is 1.70. The second-order valence-corrected chi connectivity index (χ2v) is 2.88. The lowest BCUT2D eigenvalue weighted by atomic mass is 10.2. The van der Waals surface area contributed by atoms with Gasteiger partial charge >= 0.3 is 0 Å². The van der Waals surface area contributed by atoms with E-state index >= 15 is 0 Å². The highest BCUT2D eigenvalue weighted by atomic mass is 16.1. The molecule has 58 valence electrons. The average molecular weight is 142 g/mol. The van der Waals surface area contributed by atoms with Gasteiger partial charge in [-0.1, -0.05) is 0 Å². The molecule has 3 nitrogen and oxygen atoms in total. The minimum atomic E-state index is 0.178. The highest BCUT2D eigenvalue weighted by Gasteiger charge is 2.16. The minimum absolute atomic E-state index is 0.178. The number of carbonyl (C=O) groups is 1. The van der Waals surface area contributed by atoms with Gasteiger partial charge in [0.25, 0.3) is 0 Å². The van der Waals surface area contributed by atoms with E-state index in [1.54, 1.807) is 0 Å². The first-order valence-electron chi connectivity index (χ1n) is 3.67. The Balaban J connectivity index is 2.49. The zero-order chi connectivity index (χ0) is 7.56. The molecular weight excluding hydrogens is 128 g/mol. The molecule has 0 aromatic carbocycles. The maximum absolute atomic E-state index is 10.9. The Bertz CT molecular complexity index is 136. The van der Waals surface area contributed by atoms with Crippen LogP contribution in [0.25, 0.3) is 0 Å². The zero-order valence-corrected chi connectivity index (χ0v) is 6.55. The Morgan fingerprint density at radius 2 is 2.40 bits per heavy atom. The lowest BCUT2D eigenvalue weighted by molar-refractivity contribution is -0.121. The number of carbonyl (C=O) groups excluding carboxylic acids is 1. The van der Waals surface area contributed by atoms with Gasteiger partial charge in [0.05, 0.1) is 0 Å². The molecule has 1 atom stereocenters. The van der Waals surface area contributed by atoms with Gasteiger partial charge in [-0.15, -0.1) is 0 Å². The van der Waals surface area contributed by atoms with Crippen molar-refractivity contribution in [2.24, 2.45) is 0 Å². The topological polar surface area (TPSA) is 32.3 Å². The van der Waals surface area contributed by atoms with E-state index in [2.05, 4.69) is 17.1 Å². The molecule has 0 radical (unpaired) electrons. The summed E-state index contributed by atoms with van der Waals surface area (Å²) in [4.78, 5) is 13.1. The molecule has 0 aliphatic carbocycles. The Morgan fingerprint density at radius 3 is 3.10 bits per heavy atom. The molecule has 1 aliphatic heterocycles. The van der Waals surface area contributed by atoms with Crippen molar-refractivity contribution in [3.63, 3.8) is 0 Å².